The van der Waals surface area contributed by atoms with Gasteiger partial charge in [-0.15, -0.1) is 0 Å². The number of amides is 1. The van der Waals surface area contributed by atoms with Crippen LogP contribution in [-0.2, 0) is 17.6 Å². The third kappa shape index (κ3) is 3.24. The monoisotopic (exact) mass is 329 g/mol. The molecule has 6 nitrogen and oxygen atoms in total. The minimum Gasteiger partial charge on any atom is -0.354 e. The lowest BCUT2D eigenvalue weighted by atomic mass is 10.0. The molecule has 1 amide bonds. The molecule has 0 radical (unpaired) electrons. The number of rotatable bonds is 2. The zero-order chi connectivity index (χ0) is 16.4. The molecule has 1 aliphatic carbocycles. The van der Waals surface area contributed by atoms with Gasteiger partial charge in [0.1, 0.15) is 11.6 Å². The van der Waals surface area contributed by atoms with E-state index in [1.807, 2.05) is 0 Å². The van der Waals surface area contributed by atoms with E-state index in [-0.39, 0.29) is 5.91 Å². The Hall–Kier alpha value is -1.69. The Kier molecular flexibility index (Phi) is 4.65. The average Bonchev–Trinajstić information content (AvgIpc) is 2.91. The number of aromatic nitrogens is 2. The fourth-order valence-electron chi connectivity index (χ4n) is 4.15. The molecule has 24 heavy (non-hydrogen) atoms. The second-order valence-corrected chi connectivity index (χ2v) is 7.15. The van der Waals surface area contributed by atoms with E-state index in [1.54, 1.807) is 0 Å². The van der Waals surface area contributed by atoms with E-state index in [0.717, 1.165) is 50.7 Å². The largest absolute Gasteiger partial charge is 0.354 e. The van der Waals surface area contributed by atoms with Gasteiger partial charge >= 0.3 is 0 Å². The van der Waals surface area contributed by atoms with E-state index in [9.17, 15) is 4.79 Å². The van der Waals surface area contributed by atoms with E-state index in [4.69, 9.17) is 9.97 Å². The van der Waals surface area contributed by atoms with Gasteiger partial charge in [0.15, 0.2) is 0 Å². The molecule has 130 valence electrons. The van der Waals surface area contributed by atoms with Crippen molar-refractivity contribution in [2.75, 3.05) is 37.6 Å². The normalized spacial score (nSPS) is 22.7. The molecule has 6 heteroatoms. The zero-order valence-electron chi connectivity index (χ0n) is 14.3. The van der Waals surface area contributed by atoms with Gasteiger partial charge in [0.2, 0.25) is 5.91 Å². The molecule has 2 aliphatic heterocycles. The van der Waals surface area contributed by atoms with Crippen LogP contribution in [0.5, 0.6) is 0 Å². The van der Waals surface area contributed by atoms with Gasteiger partial charge < -0.3 is 15.5 Å². The Bertz CT molecular complexity index is 612. The summed E-state index contributed by atoms with van der Waals surface area (Å²) < 4.78 is 0. The lowest BCUT2D eigenvalue weighted by Crippen LogP contribution is -2.31. The summed E-state index contributed by atoms with van der Waals surface area (Å²) in [5.74, 6) is 2.82. The first-order valence-corrected chi connectivity index (χ1v) is 9.43. The van der Waals surface area contributed by atoms with E-state index in [1.165, 1.54) is 36.9 Å². The van der Waals surface area contributed by atoms with Gasteiger partial charge in [-0.2, -0.15) is 0 Å². The van der Waals surface area contributed by atoms with Crippen molar-refractivity contribution >= 4 is 11.7 Å². The molecule has 0 spiro atoms. The number of nitrogens with one attached hydrogen (secondary N) is 2. The van der Waals surface area contributed by atoms with E-state index < -0.39 is 0 Å². The number of carbonyl (C=O) groups excluding carboxylic acids is 1. The molecule has 0 unspecified atom stereocenters. The van der Waals surface area contributed by atoms with Crippen LogP contribution in [0.25, 0.3) is 0 Å². The van der Waals surface area contributed by atoms with Crippen molar-refractivity contribution < 1.29 is 4.79 Å². The van der Waals surface area contributed by atoms with Crippen molar-refractivity contribution in [2.45, 2.75) is 50.9 Å². The smallest absolute Gasteiger partial charge is 0.221 e. The Morgan fingerprint density at radius 1 is 0.958 bits per heavy atom. The minimum absolute atomic E-state index is 0.148. The van der Waals surface area contributed by atoms with Gasteiger partial charge in [0, 0.05) is 50.5 Å². The van der Waals surface area contributed by atoms with Crippen LogP contribution in [0.4, 0.5) is 5.82 Å². The Labute approximate surface area is 143 Å². The molecular formula is C18H27N5O. The van der Waals surface area contributed by atoms with Crippen molar-refractivity contribution in [3.05, 3.63) is 17.1 Å². The average molecular weight is 329 g/mol. The summed E-state index contributed by atoms with van der Waals surface area (Å²) >= 11 is 0. The Morgan fingerprint density at radius 3 is 2.67 bits per heavy atom. The summed E-state index contributed by atoms with van der Waals surface area (Å²) in [6, 6.07) is 0. The molecule has 0 aromatic carbocycles. The highest BCUT2D eigenvalue weighted by molar-refractivity contribution is 5.77. The molecule has 1 saturated heterocycles. The van der Waals surface area contributed by atoms with Crippen LogP contribution < -0.4 is 15.5 Å². The number of hydrogen-bond donors (Lipinski definition) is 2. The number of anilines is 1. The van der Waals surface area contributed by atoms with Gasteiger partial charge in [-0.3, -0.25) is 4.79 Å². The van der Waals surface area contributed by atoms with E-state index in [2.05, 4.69) is 15.5 Å². The third-order valence-corrected chi connectivity index (χ3v) is 5.51. The SMILES string of the molecule is O=C1CCN(c2nc(C3CCCC3)nc3c2CCNCC3)CCN1. The summed E-state index contributed by atoms with van der Waals surface area (Å²) in [6.45, 7) is 4.28. The van der Waals surface area contributed by atoms with Crippen LogP contribution in [0.3, 0.4) is 0 Å². The maximum atomic E-state index is 11.7. The van der Waals surface area contributed by atoms with Crippen molar-refractivity contribution in [1.29, 1.82) is 0 Å². The van der Waals surface area contributed by atoms with Crippen LogP contribution in [0.2, 0.25) is 0 Å². The first-order valence-electron chi connectivity index (χ1n) is 9.43. The molecule has 1 saturated carbocycles. The number of nitrogens with zero attached hydrogens (tertiary/aromatic N) is 3. The lowest BCUT2D eigenvalue weighted by Gasteiger charge is -2.26. The van der Waals surface area contributed by atoms with E-state index >= 15 is 0 Å². The van der Waals surface area contributed by atoms with Gasteiger partial charge in [-0.25, -0.2) is 9.97 Å². The molecule has 4 rings (SSSR count). The van der Waals surface area contributed by atoms with Crippen LogP contribution in [0.15, 0.2) is 0 Å². The summed E-state index contributed by atoms with van der Waals surface area (Å²) in [7, 11) is 0. The third-order valence-electron chi connectivity index (χ3n) is 5.51. The second kappa shape index (κ2) is 7.05. The molecule has 1 aromatic heterocycles. The standard InChI is InChI=1S/C18H27N5O/c24-16-7-11-23(12-10-20-16)18-14-5-8-19-9-6-15(14)21-17(22-18)13-3-1-2-4-13/h13,19H,1-12H2,(H,20,24). The molecule has 0 bridgehead atoms. The number of fused-ring (bicyclic) bond motifs is 1. The summed E-state index contributed by atoms with van der Waals surface area (Å²) in [4.78, 5) is 24.0. The topological polar surface area (TPSA) is 70.2 Å². The predicted molar refractivity (Wildman–Crippen MR) is 93.4 cm³/mol. The highest BCUT2D eigenvalue weighted by Gasteiger charge is 2.26. The minimum atomic E-state index is 0.148. The van der Waals surface area contributed by atoms with Gasteiger partial charge in [-0.05, 0) is 25.8 Å². The Balaban J connectivity index is 1.71. The highest BCUT2D eigenvalue weighted by atomic mass is 16.1. The zero-order valence-corrected chi connectivity index (χ0v) is 14.3. The van der Waals surface area contributed by atoms with Crippen LogP contribution in [-0.4, -0.2) is 48.6 Å². The molecule has 2 N–H and O–H groups in total. The highest BCUT2D eigenvalue weighted by Crippen LogP contribution is 2.34. The van der Waals surface area contributed by atoms with Crippen molar-refractivity contribution in [3.63, 3.8) is 0 Å². The van der Waals surface area contributed by atoms with Crippen LogP contribution in [0.1, 0.15) is 55.1 Å². The van der Waals surface area contributed by atoms with Crippen LogP contribution >= 0.6 is 0 Å². The van der Waals surface area contributed by atoms with Crippen molar-refractivity contribution in [2.24, 2.45) is 0 Å². The second-order valence-electron chi connectivity index (χ2n) is 7.15. The van der Waals surface area contributed by atoms with Gasteiger partial charge in [-0.1, -0.05) is 12.8 Å². The molecule has 0 atom stereocenters. The number of hydrogen-bond acceptors (Lipinski definition) is 5. The fourth-order valence-corrected chi connectivity index (χ4v) is 4.15. The molecule has 1 aromatic rings. The number of carbonyl (C=O) groups is 1. The predicted octanol–water partition coefficient (Wildman–Crippen LogP) is 1.15. The quantitative estimate of drug-likeness (QED) is 0.852. The fraction of sp³-hybridized carbons (Fsp3) is 0.722. The van der Waals surface area contributed by atoms with Gasteiger partial charge in [0.25, 0.3) is 0 Å². The first kappa shape index (κ1) is 15.8. The summed E-state index contributed by atoms with van der Waals surface area (Å²) in [5, 5.41) is 6.45. The maximum absolute atomic E-state index is 11.7. The lowest BCUT2D eigenvalue weighted by molar-refractivity contribution is -0.120. The van der Waals surface area contributed by atoms with Crippen LogP contribution in [0, 0.1) is 0 Å². The molecular weight excluding hydrogens is 302 g/mol. The first-order chi connectivity index (χ1) is 11.8. The van der Waals surface area contributed by atoms with Crippen molar-refractivity contribution in [1.82, 2.24) is 20.6 Å². The van der Waals surface area contributed by atoms with Gasteiger partial charge in [0.05, 0.1) is 5.69 Å². The van der Waals surface area contributed by atoms with Crippen molar-refractivity contribution in [3.8, 4) is 0 Å². The molecule has 3 aliphatic rings. The molecule has 2 fully saturated rings. The van der Waals surface area contributed by atoms with E-state index in [0.29, 0.717) is 18.9 Å². The summed E-state index contributed by atoms with van der Waals surface area (Å²) in [6.07, 6.45) is 7.54. The summed E-state index contributed by atoms with van der Waals surface area (Å²) in [5.41, 5.74) is 2.53. The Morgan fingerprint density at radius 2 is 1.79 bits per heavy atom. The molecule has 3 heterocycles. The maximum Gasteiger partial charge on any atom is 0.221 e.